The van der Waals surface area contributed by atoms with E-state index >= 15 is 0 Å². The average Bonchev–Trinajstić information content (AvgIpc) is 3.10. The van der Waals surface area contributed by atoms with Crippen molar-refractivity contribution in [1.29, 1.82) is 0 Å². The minimum Gasteiger partial charge on any atom is -0.356 e. The fourth-order valence-electron chi connectivity index (χ4n) is 3.72. The number of carbonyl (C=O) groups excluding carboxylic acids is 1. The predicted octanol–water partition coefficient (Wildman–Crippen LogP) is 6.18. The summed E-state index contributed by atoms with van der Waals surface area (Å²) in [4.78, 5) is 14.3. The average molecular weight is 389 g/mol. The molecule has 0 bridgehead atoms. The van der Waals surface area contributed by atoms with Crippen molar-refractivity contribution < 1.29 is 4.79 Å². The lowest BCUT2D eigenvalue weighted by Gasteiger charge is -2.19. The van der Waals surface area contributed by atoms with Crippen molar-refractivity contribution in [2.24, 2.45) is 0 Å². The highest BCUT2D eigenvalue weighted by Gasteiger charge is 2.20. The van der Waals surface area contributed by atoms with E-state index < -0.39 is 0 Å². The second kappa shape index (κ2) is 17.7. The summed E-state index contributed by atoms with van der Waals surface area (Å²) >= 11 is 0. The summed E-state index contributed by atoms with van der Waals surface area (Å²) in [6, 6.07) is 0.674. The Hall–Kier alpha value is -1.35. The van der Waals surface area contributed by atoms with Crippen LogP contribution in [-0.4, -0.2) is 37.0 Å². The minimum absolute atomic E-state index is 0.238. The van der Waals surface area contributed by atoms with Gasteiger partial charge < -0.3 is 10.2 Å². The Kier molecular flexibility index (Phi) is 15.6. The molecule has 1 aliphatic heterocycles. The number of hydrogen-bond donors (Lipinski definition) is 1. The molecule has 3 heteroatoms. The van der Waals surface area contributed by atoms with E-state index in [1.165, 1.54) is 51.5 Å². The molecule has 0 saturated carbocycles. The molecular weight excluding hydrogens is 344 g/mol. The zero-order valence-corrected chi connectivity index (χ0v) is 18.5. The highest BCUT2D eigenvalue weighted by molar-refractivity contribution is 5.75. The van der Waals surface area contributed by atoms with Crippen molar-refractivity contribution in [2.75, 3.05) is 20.1 Å². The summed E-state index contributed by atoms with van der Waals surface area (Å²) in [5.74, 6) is 0.238. The van der Waals surface area contributed by atoms with E-state index in [2.05, 4.69) is 60.6 Å². The fraction of sp³-hybridized carbons (Fsp3) is 0.720. The first-order valence-corrected chi connectivity index (χ1v) is 11.7. The van der Waals surface area contributed by atoms with Crippen LogP contribution in [0.3, 0.4) is 0 Å². The molecule has 0 aromatic rings. The molecule has 1 unspecified atom stereocenters. The maximum absolute atomic E-state index is 11.9. The van der Waals surface area contributed by atoms with Crippen LogP contribution in [-0.2, 0) is 4.79 Å². The van der Waals surface area contributed by atoms with Crippen molar-refractivity contribution in [1.82, 2.24) is 10.2 Å². The molecule has 1 saturated heterocycles. The molecule has 1 fully saturated rings. The third-order valence-electron chi connectivity index (χ3n) is 5.53. The molecule has 0 radical (unpaired) electrons. The van der Waals surface area contributed by atoms with Gasteiger partial charge >= 0.3 is 0 Å². The molecule has 28 heavy (non-hydrogen) atoms. The van der Waals surface area contributed by atoms with Gasteiger partial charge in [0, 0.05) is 19.0 Å². The van der Waals surface area contributed by atoms with Gasteiger partial charge in [0.2, 0.25) is 5.91 Å². The molecule has 0 aromatic heterocycles. The van der Waals surface area contributed by atoms with Crippen LogP contribution in [0.15, 0.2) is 36.5 Å². The van der Waals surface area contributed by atoms with Crippen molar-refractivity contribution in [3.63, 3.8) is 0 Å². The van der Waals surface area contributed by atoms with Crippen LogP contribution in [0.5, 0.6) is 0 Å². The number of nitrogens with one attached hydrogen (secondary N) is 1. The van der Waals surface area contributed by atoms with Gasteiger partial charge in [-0.2, -0.15) is 0 Å². The quantitative estimate of drug-likeness (QED) is 0.253. The third kappa shape index (κ3) is 13.8. The Labute approximate surface area is 174 Å². The largest absolute Gasteiger partial charge is 0.356 e. The number of allylic oxidation sites excluding steroid dienone is 6. The SMILES string of the molecule is CCC=CCC=CCC=CCCCCCCCC(=O)NCCC1CCCN1C. The lowest BCUT2D eigenvalue weighted by Crippen LogP contribution is -2.31. The van der Waals surface area contributed by atoms with Crippen LogP contribution < -0.4 is 5.32 Å². The molecule has 1 heterocycles. The first kappa shape index (κ1) is 24.7. The van der Waals surface area contributed by atoms with Gasteiger partial charge in [-0.05, 0) is 71.4 Å². The van der Waals surface area contributed by atoms with E-state index in [0.29, 0.717) is 12.5 Å². The molecule has 160 valence electrons. The van der Waals surface area contributed by atoms with Crippen LogP contribution in [0.2, 0.25) is 0 Å². The van der Waals surface area contributed by atoms with Gasteiger partial charge in [0.1, 0.15) is 0 Å². The van der Waals surface area contributed by atoms with Crippen LogP contribution in [0, 0.1) is 0 Å². The number of unbranched alkanes of at least 4 members (excludes halogenated alkanes) is 5. The topological polar surface area (TPSA) is 32.3 Å². The Morgan fingerprint density at radius 2 is 1.64 bits per heavy atom. The summed E-state index contributed by atoms with van der Waals surface area (Å²) in [6.07, 6.45) is 28.3. The fourth-order valence-corrected chi connectivity index (χ4v) is 3.72. The van der Waals surface area contributed by atoms with Crippen molar-refractivity contribution in [3.05, 3.63) is 36.5 Å². The summed E-state index contributed by atoms with van der Waals surface area (Å²) < 4.78 is 0. The lowest BCUT2D eigenvalue weighted by atomic mass is 10.1. The second-order valence-electron chi connectivity index (χ2n) is 8.02. The minimum atomic E-state index is 0.238. The molecular formula is C25H44N2O. The van der Waals surface area contributed by atoms with E-state index in [-0.39, 0.29) is 5.91 Å². The highest BCUT2D eigenvalue weighted by atomic mass is 16.1. The third-order valence-corrected chi connectivity index (χ3v) is 5.53. The number of rotatable bonds is 16. The molecule has 0 aliphatic carbocycles. The number of nitrogens with zero attached hydrogens (tertiary/aromatic N) is 1. The van der Waals surface area contributed by atoms with Gasteiger partial charge in [-0.15, -0.1) is 0 Å². The van der Waals surface area contributed by atoms with Crippen molar-refractivity contribution in [3.8, 4) is 0 Å². The molecule has 1 rings (SSSR count). The van der Waals surface area contributed by atoms with Gasteiger partial charge in [-0.3, -0.25) is 4.79 Å². The summed E-state index contributed by atoms with van der Waals surface area (Å²) in [6.45, 7) is 4.21. The maximum atomic E-state index is 11.9. The molecule has 1 aliphatic rings. The molecule has 0 spiro atoms. The maximum Gasteiger partial charge on any atom is 0.219 e. The van der Waals surface area contributed by atoms with Crippen LogP contribution >= 0.6 is 0 Å². The van der Waals surface area contributed by atoms with Crippen LogP contribution in [0.4, 0.5) is 0 Å². The van der Waals surface area contributed by atoms with Crippen LogP contribution in [0.25, 0.3) is 0 Å². The molecule has 1 N–H and O–H groups in total. The lowest BCUT2D eigenvalue weighted by molar-refractivity contribution is -0.121. The zero-order valence-electron chi connectivity index (χ0n) is 18.5. The van der Waals surface area contributed by atoms with E-state index in [4.69, 9.17) is 0 Å². The van der Waals surface area contributed by atoms with Gasteiger partial charge in [0.25, 0.3) is 0 Å². The van der Waals surface area contributed by atoms with Crippen molar-refractivity contribution in [2.45, 2.75) is 96.4 Å². The first-order valence-electron chi connectivity index (χ1n) is 11.7. The first-order chi connectivity index (χ1) is 13.7. The van der Waals surface area contributed by atoms with Gasteiger partial charge in [0.05, 0.1) is 0 Å². The van der Waals surface area contributed by atoms with E-state index in [1.54, 1.807) is 0 Å². The number of carbonyl (C=O) groups is 1. The van der Waals surface area contributed by atoms with E-state index in [0.717, 1.165) is 38.6 Å². The van der Waals surface area contributed by atoms with Crippen LogP contribution in [0.1, 0.15) is 90.4 Å². The molecule has 1 amide bonds. The molecule has 1 atom stereocenters. The summed E-state index contributed by atoms with van der Waals surface area (Å²) in [5.41, 5.74) is 0. The van der Waals surface area contributed by atoms with Gasteiger partial charge in [-0.1, -0.05) is 62.6 Å². The summed E-state index contributed by atoms with van der Waals surface area (Å²) in [5, 5.41) is 3.10. The Bertz CT molecular complexity index is 467. The monoisotopic (exact) mass is 388 g/mol. The standard InChI is InChI=1S/C25H44N2O/c1-3-4-5-6-7-8-9-10-11-12-13-14-15-16-17-20-25(28)26-22-21-24-19-18-23-27(24)2/h4-5,7-8,10-11,24H,3,6,9,12-23H2,1-2H3,(H,26,28). The van der Waals surface area contributed by atoms with Gasteiger partial charge in [-0.25, -0.2) is 0 Å². The normalized spacial score (nSPS) is 18.1. The Morgan fingerprint density at radius 1 is 0.964 bits per heavy atom. The van der Waals surface area contributed by atoms with E-state index in [9.17, 15) is 4.79 Å². The molecule has 3 nitrogen and oxygen atoms in total. The number of hydrogen-bond acceptors (Lipinski definition) is 2. The van der Waals surface area contributed by atoms with Gasteiger partial charge in [0.15, 0.2) is 0 Å². The summed E-state index contributed by atoms with van der Waals surface area (Å²) in [7, 11) is 2.19. The molecule has 0 aromatic carbocycles. The number of amides is 1. The van der Waals surface area contributed by atoms with Crippen molar-refractivity contribution >= 4 is 5.91 Å². The zero-order chi connectivity index (χ0) is 20.3. The predicted molar refractivity (Wildman–Crippen MR) is 123 cm³/mol. The number of likely N-dealkylation sites (tertiary alicyclic amines) is 1. The second-order valence-corrected chi connectivity index (χ2v) is 8.02. The smallest absolute Gasteiger partial charge is 0.219 e. The Balaban J connectivity index is 1.83. The highest BCUT2D eigenvalue weighted by Crippen LogP contribution is 2.17. The Morgan fingerprint density at radius 3 is 2.36 bits per heavy atom. The van der Waals surface area contributed by atoms with E-state index in [1.807, 2.05) is 0 Å².